The summed E-state index contributed by atoms with van der Waals surface area (Å²) >= 11 is 5.99. The number of nitrogens with zero attached hydrogens (tertiary/aromatic N) is 2. The molecule has 5 heteroatoms. The zero-order chi connectivity index (χ0) is 17.2. The quantitative estimate of drug-likeness (QED) is 0.850. The Labute approximate surface area is 142 Å². The topological polar surface area (TPSA) is 45.2 Å². The number of carbonyl (C=O) groups is 1. The van der Waals surface area contributed by atoms with Crippen LogP contribution < -0.4 is 10.2 Å². The van der Waals surface area contributed by atoms with E-state index in [4.69, 9.17) is 11.6 Å². The number of halogens is 1. The summed E-state index contributed by atoms with van der Waals surface area (Å²) in [6, 6.07) is 11.2. The van der Waals surface area contributed by atoms with Crippen LogP contribution in [-0.4, -0.2) is 25.0 Å². The number of carbonyl (C=O) groups excluding carboxylic acids is 1. The lowest BCUT2D eigenvalue weighted by Gasteiger charge is -2.19. The van der Waals surface area contributed by atoms with Crippen LogP contribution in [0.5, 0.6) is 0 Å². The molecule has 1 aromatic heterocycles. The van der Waals surface area contributed by atoms with Gasteiger partial charge in [-0.05, 0) is 35.2 Å². The van der Waals surface area contributed by atoms with Gasteiger partial charge in [0.1, 0.15) is 11.0 Å². The van der Waals surface area contributed by atoms with Crippen molar-refractivity contribution in [1.29, 1.82) is 0 Å². The van der Waals surface area contributed by atoms with Crippen molar-refractivity contribution >= 4 is 29.0 Å². The molecular weight excluding hydrogens is 310 g/mol. The number of hydrogen-bond donors (Lipinski definition) is 1. The van der Waals surface area contributed by atoms with Crippen molar-refractivity contribution in [2.24, 2.45) is 0 Å². The second kappa shape index (κ2) is 6.59. The van der Waals surface area contributed by atoms with Gasteiger partial charge in [-0.3, -0.25) is 4.79 Å². The average molecular weight is 332 g/mol. The molecule has 0 bridgehead atoms. The molecule has 4 nitrogen and oxygen atoms in total. The van der Waals surface area contributed by atoms with Crippen LogP contribution in [0.3, 0.4) is 0 Å². The van der Waals surface area contributed by atoms with Crippen molar-refractivity contribution < 1.29 is 4.79 Å². The van der Waals surface area contributed by atoms with E-state index in [0.29, 0.717) is 16.5 Å². The molecule has 1 N–H and O–H groups in total. The Kier molecular flexibility index (Phi) is 4.95. The fraction of sp³-hybridized carbons (Fsp3) is 0.333. The van der Waals surface area contributed by atoms with Gasteiger partial charge in [0.25, 0.3) is 5.91 Å². The van der Waals surface area contributed by atoms with E-state index in [2.05, 4.69) is 31.1 Å². The number of nitrogens with one attached hydrogen (secondary N) is 1. The first-order valence-corrected chi connectivity index (χ1v) is 7.81. The van der Waals surface area contributed by atoms with Gasteiger partial charge in [-0.15, -0.1) is 0 Å². The molecule has 0 saturated heterocycles. The van der Waals surface area contributed by atoms with Crippen LogP contribution >= 0.6 is 11.6 Å². The van der Waals surface area contributed by atoms with Crippen molar-refractivity contribution in [3.8, 4) is 0 Å². The smallest absolute Gasteiger partial charge is 0.255 e. The standard InChI is InChI=1S/C18H22ClN3O/c1-18(2,3)13-6-8-14(9-7-13)20-17(23)12-10-15(19)21-16(11-12)22(4)5/h6-11H,1-5H3,(H,20,23). The van der Waals surface area contributed by atoms with E-state index in [0.717, 1.165) is 5.69 Å². The monoisotopic (exact) mass is 331 g/mol. The minimum atomic E-state index is -0.207. The molecule has 0 spiro atoms. The normalized spacial score (nSPS) is 11.2. The molecule has 0 atom stereocenters. The Balaban J connectivity index is 2.19. The molecule has 0 aliphatic heterocycles. The highest BCUT2D eigenvalue weighted by Gasteiger charge is 2.14. The number of aromatic nitrogens is 1. The number of amides is 1. The SMILES string of the molecule is CN(C)c1cc(C(=O)Nc2ccc(C(C)(C)C)cc2)cc(Cl)n1. The summed E-state index contributed by atoms with van der Waals surface area (Å²) in [6.45, 7) is 6.47. The number of hydrogen-bond acceptors (Lipinski definition) is 3. The fourth-order valence-electron chi connectivity index (χ4n) is 2.10. The molecule has 0 aliphatic rings. The van der Waals surface area contributed by atoms with Gasteiger partial charge < -0.3 is 10.2 Å². The summed E-state index contributed by atoms with van der Waals surface area (Å²) in [4.78, 5) is 18.4. The number of pyridine rings is 1. The molecule has 122 valence electrons. The summed E-state index contributed by atoms with van der Waals surface area (Å²) in [5.74, 6) is 0.437. The molecule has 0 aliphatic carbocycles. The van der Waals surface area contributed by atoms with Gasteiger partial charge >= 0.3 is 0 Å². The van der Waals surface area contributed by atoms with Gasteiger partial charge in [0, 0.05) is 25.3 Å². The minimum Gasteiger partial charge on any atom is -0.363 e. The van der Waals surface area contributed by atoms with Gasteiger partial charge in [0.15, 0.2) is 0 Å². The highest BCUT2D eigenvalue weighted by atomic mass is 35.5. The van der Waals surface area contributed by atoms with E-state index in [-0.39, 0.29) is 11.3 Å². The van der Waals surface area contributed by atoms with Crippen molar-refractivity contribution in [3.63, 3.8) is 0 Å². The summed E-state index contributed by atoms with van der Waals surface area (Å²) in [5, 5.41) is 3.18. The van der Waals surface area contributed by atoms with Gasteiger partial charge in [-0.2, -0.15) is 0 Å². The van der Waals surface area contributed by atoms with Gasteiger partial charge in [0.05, 0.1) is 0 Å². The minimum absolute atomic E-state index is 0.0851. The third-order valence-corrected chi connectivity index (χ3v) is 3.70. The summed E-state index contributed by atoms with van der Waals surface area (Å²) in [7, 11) is 3.71. The maximum absolute atomic E-state index is 12.4. The van der Waals surface area contributed by atoms with Crippen LogP contribution in [0.25, 0.3) is 0 Å². The Morgan fingerprint density at radius 3 is 2.26 bits per heavy atom. The predicted molar refractivity (Wildman–Crippen MR) is 96.7 cm³/mol. The third-order valence-electron chi connectivity index (χ3n) is 3.51. The van der Waals surface area contributed by atoms with Crippen LogP contribution in [-0.2, 0) is 5.41 Å². The van der Waals surface area contributed by atoms with Crippen LogP contribution in [0.2, 0.25) is 5.15 Å². The number of benzene rings is 1. The lowest BCUT2D eigenvalue weighted by molar-refractivity contribution is 0.102. The number of anilines is 2. The van der Waals surface area contributed by atoms with Gasteiger partial charge in [-0.1, -0.05) is 44.5 Å². The molecule has 23 heavy (non-hydrogen) atoms. The Bertz CT molecular complexity index is 703. The third kappa shape index (κ3) is 4.45. The fourth-order valence-corrected chi connectivity index (χ4v) is 2.30. The molecule has 0 fully saturated rings. The average Bonchev–Trinajstić information content (AvgIpc) is 2.46. The molecule has 1 heterocycles. The van der Waals surface area contributed by atoms with Crippen molar-refractivity contribution in [2.45, 2.75) is 26.2 Å². The van der Waals surface area contributed by atoms with Crippen LogP contribution in [0.15, 0.2) is 36.4 Å². The molecule has 0 saturated carbocycles. The second-order valence-corrected chi connectivity index (χ2v) is 7.10. The van der Waals surface area contributed by atoms with E-state index in [1.54, 1.807) is 17.0 Å². The van der Waals surface area contributed by atoms with Crippen molar-refractivity contribution in [3.05, 3.63) is 52.7 Å². The zero-order valence-electron chi connectivity index (χ0n) is 14.1. The van der Waals surface area contributed by atoms with Crippen LogP contribution in [0, 0.1) is 0 Å². The highest BCUT2D eigenvalue weighted by molar-refractivity contribution is 6.30. The summed E-state index contributed by atoms with van der Waals surface area (Å²) in [6.07, 6.45) is 0. The maximum Gasteiger partial charge on any atom is 0.255 e. The molecule has 1 aromatic carbocycles. The molecule has 2 aromatic rings. The van der Waals surface area contributed by atoms with E-state index in [1.807, 2.05) is 38.4 Å². The lowest BCUT2D eigenvalue weighted by Crippen LogP contribution is -2.16. The lowest BCUT2D eigenvalue weighted by atomic mass is 9.87. The molecule has 1 amide bonds. The zero-order valence-corrected chi connectivity index (χ0v) is 14.9. The Morgan fingerprint density at radius 2 is 1.74 bits per heavy atom. The predicted octanol–water partition coefficient (Wildman–Crippen LogP) is 4.35. The van der Waals surface area contributed by atoms with Gasteiger partial charge in [0.2, 0.25) is 0 Å². The first-order valence-electron chi connectivity index (χ1n) is 7.43. The first kappa shape index (κ1) is 17.3. The van der Waals surface area contributed by atoms with Crippen molar-refractivity contribution in [2.75, 3.05) is 24.3 Å². The van der Waals surface area contributed by atoms with E-state index in [1.165, 1.54) is 5.56 Å². The molecular formula is C18H22ClN3O. The van der Waals surface area contributed by atoms with E-state index < -0.39 is 0 Å². The van der Waals surface area contributed by atoms with Crippen LogP contribution in [0.4, 0.5) is 11.5 Å². The largest absolute Gasteiger partial charge is 0.363 e. The molecule has 0 unspecified atom stereocenters. The van der Waals surface area contributed by atoms with E-state index >= 15 is 0 Å². The highest BCUT2D eigenvalue weighted by Crippen LogP contribution is 2.24. The van der Waals surface area contributed by atoms with E-state index in [9.17, 15) is 4.79 Å². The maximum atomic E-state index is 12.4. The summed E-state index contributed by atoms with van der Waals surface area (Å²) < 4.78 is 0. The Hall–Kier alpha value is -2.07. The first-order chi connectivity index (χ1) is 10.7. The Morgan fingerprint density at radius 1 is 1.13 bits per heavy atom. The van der Waals surface area contributed by atoms with Gasteiger partial charge in [-0.25, -0.2) is 4.98 Å². The summed E-state index contributed by atoms with van der Waals surface area (Å²) in [5.41, 5.74) is 2.54. The van der Waals surface area contributed by atoms with Crippen molar-refractivity contribution in [1.82, 2.24) is 4.98 Å². The molecule has 2 rings (SSSR count). The molecule has 0 radical (unpaired) electrons. The second-order valence-electron chi connectivity index (χ2n) is 6.71. The van der Waals surface area contributed by atoms with Crippen LogP contribution in [0.1, 0.15) is 36.7 Å². The number of rotatable bonds is 3.